The van der Waals surface area contributed by atoms with Crippen molar-refractivity contribution in [2.75, 3.05) is 19.7 Å². The second kappa shape index (κ2) is 16.5. The molecule has 0 spiro atoms. The quantitative estimate of drug-likeness (QED) is 0.0846. The van der Waals surface area contributed by atoms with Crippen LogP contribution in [0.25, 0.3) is 43.0 Å². The van der Waals surface area contributed by atoms with Gasteiger partial charge in [-0.05, 0) is 55.6 Å². The highest BCUT2D eigenvalue weighted by molar-refractivity contribution is 7.27. The normalized spacial score (nSPS) is 18.2. The molecule has 0 radical (unpaired) electrons. The minimum Gasteiger partial charge on any atom is -0.465 e. The highest BCUT2D eigenvalue weighted by atomic mass is 32.1. The molecule has 2 unspecified atom stereocenters. The lowest BCUT2D eigenvalue weighted by Gasteiger charge is -2.30. The minimum absolute atomic E-state index is 0.108. The number of likely N-dealkylation sites (tertiary alicyclic amines) is 2. The molecule has 5 aromatic rings. The summed E-state index contributed by atoms with van der Waals surface area (Å²) in [6.45, 7) is 10.6. The van der Waals surface area contributed by atoms with Gasteiger partial charge in [0.1, 0.15) is 23.7 Å². The van der Waals surface area contributed by atoms with E-state index in [0.717, 1.165) is 69.8 Å². The summed E-state index contributed by atoms with van der Waals surface area (Å²) in [5, 5.41) is 18.8. The lowest BCUT2D eigenvalue weighted by Crippen LogP contribution is -2.51. The summed E-state index contributed by atoms with van der Waals surface area (Å²) in [6.07, 6.45) is 5.03. The number of fused-ring (bicyclic) bond motifs is 1. The summed E-state index contributed by atoms with van der Waals surface area (Å²) in [4.78, 5) is 70.6. The second-order valence-corrected chi connectivity index (χ2v) is 16.8. The maximum atomic E-state index is 13.7. The number of aromatic amines is 2. The molecule has 7 rings (SSSR count). The van der Waals surface area contributed by atoms with Crippen molar-refractivity contribution < 1.29 is 29.0 Å². The molecule has 2 aliphatic heterocycles. The highest BCUT2D eigenvalue weighted by Crippen LogP contribution is 2.44. The molecule has 0 saturated carbocycles. The minimum atomic E-state index is -1.21. The predicted molar refractivity (Wildman–Crippen MR) is 216 cm³/mol. The highest BCUT2D eigenvalue weighted by Gasteiger charge is 2.39. The van der Waals surface area contributed by atoms with Crippen LogP contribution in [0.1, 0.15) is 84.0 Å². The Hall–Kier alpha value is -5.22. The van der Waals surface area contributed by atoms with Crippen LogP contribution < -0.4 is 10.6 Å². The Bertz CT molecular complexity index is 2200. The van der Waals surface area contributed by atoms with Gasteiger partial charge in [-0.25, -0.2) is 19.6 Å². The molecule has 2 aliphatic rings. The lowest BCUT2D eigenvalue weighted by molar-refractivity contribution is -0.136. The Labute approximate surface area is 333 Å². The number of rotatable bonds is 12. The molecular formula is C40H48N8O6S2. The number of hydrogen-bond acceptors (Lipinski definition) is 9. The van der Waals surface area contributed by atoms with Crippen LogP contribution in [0.4, 0.5) is 9.59 Å². The summed E-state index contributed by atoms with van der Waals surface area (Å²) in [5.74, 6) is 0.774. The summed E-state index contributed by atoms with van der Waals surface area (Å²) in [6, 6.07) is 6.37. The Morgan fingerprint density at radius 3 is 1.84 bits per heavy atom. The number of thiophene rings is 2. The van der Waals surface area contributed by atoms with E-state index in [2.05, 4.69) is 60.6 Å². The lowest BCUT2D eigenvalue weighted by atomic mass is 10.0. The number of carboxylic acid groups (broad SMARTS) is 1. The standard InChI is InChI=1S/C40H48N8O6S2/c1-6-54-40(53)46-32(22(4)5)38(50)48-16-8-10-30(48)36-42-18-28(44-36)26-20-56-33-25(19-55-34(26)33)23-11-13-24(14-12-23)27-17-41-35(43-27)29-9-7-15-47(29)37(49)31(21(2)3)45-39(51)52/h11-14,17-22,29-32,45H,6-10,15-16H2,1-5H3,(H,41,43)(H,42,44)(H,46,53)(H,51,52)/t29?,30?,31-,32-/m0/s1. The first-order chi connectivity index (χ1) is 26.9. The first kappa shape index (κ1) is 39.0. The van der Waals surface area contributed by atoms with Gasteiger partial charge in [-0.3, -0.25) is 9.59 Å². The number of imidazole rings is 2. The summed E-state index contributed by atoms with van der Waals surface area (Å²) >= 11 is 3.38. The van der Waals surface area contributed by atoms with Crippen LogP contribution in [0.3, 0.4) is 0 Å². The number of H-pyrrole nitrogens is 2. The summed E-state index contributed by atoms with van der Waals surface area (Å²) in [7, 11) is 0. The zero-order valence-electron chi connectivity index (χ0n) is 32.1. The van der Waals surface area contributed by atoms with Gasteiger partial charge in [0.2, 0.25) is 11.8 Å². The number of ether oxygens (including phenoxy) is 1. The molecule has 56 heavy (non-hydrogen) atoms. The number of alkyl carbamates (subject to hydrolysis) is 1. The van der Waals surface area contributed by atoms with Gasteiger partial charge in [-0.2, -0.15) is 0 Å². The van der Waals surface area contributed by atoms with E-state index in [1.165, 1.54) is 4.70 Å². The molecule has 4 amide bonds. The van der Waals surface area contributed by atoms with Gasteiger partial charge in [0.05, 0.1) is 51.9 Å². The summed E-state index contributed by atoms with van der Waals surface area (Å²) in [5.41, 5.74) is 6.02. The monoisotopic (exact) mass is 800 g/mol. The number of aromatic nitrogens is 4. The van der Waals surface area contributed by atoms with Crippen molar-refractivity contribution in [2.24, 2.45) is 11.8 Å². The SMILES string of the molecule is CCOC(=O)N[C@H](C(=O)N1CCCC1c1ncc(-c2csc3c(-c4ccc(-c5cnc(C6CCCN6C(=O)[C@@H](NC(=O)O)C(C)C)[nH]5)cc4)csc23)[nH]1)C(C)C. The average molecular weight is 801 g/mol. The van der Waals surface area contributed by atoms with Crippen molar-refractivity contribution >= 4 is 56.1 Å². The fraction of sp³-hybridized carbons (Fsp3) is 0.450. The number of carbonyl (C=O) groups is 4. The van der Waals surface area contributed by atoms with Crippen molar-refractivity contribution in [2.45, 2.75) is 84.5 Å². The largest absolute Gasteiger partial charge is 0.465 e. The fourth-order valence-corrected chi connectivity index (χ4v) is 10.2. The zero-order valence-corrected chi connectivity index (χ0v) is 33.8. The van der Waals surface area contributed by atoms with Gasteiger partial charge in [0.15, 0.2) is 0 Å². The molecule has 2 saturated heterocycles. The van der Waals surface area contributed by atoms with E-state index in [9.17, 15) is 24.3 Å². The van der Waals surface area contributed by atoms with Crippen molar-refractivity contribution in [3.8, 4) is 33.6 Å². The van der Waals surface area contributed by atoms with E-state index in [1.54, 1.807) is 40.7 Å². The topological polar surface area (TPSA) is 186 Å². The number of hydrogen-bond donors (Lipinski definition) is 5. The molecule has 16 heteroatoms. The number of benzene rings is 1. The Morgan fingerprint density at radius 1 is 0.786 bits per heavy atom. The molecule has 0 aliphatic carbocycles. The molecule has 1 aromatic carbocycles. The molecule has 296 valence electrons. The molecule has 4 atom stereocenters. The van der Waals surface area contributed by atoms with Gasteiger partial charge >= 0.3 is 12.2 Å². The third-order valence-corrected chi connectivity index (χ3v) is 12.8. The second-order valence-electron chi connectivity index (χ2n) is 15.0. The van der Waals surface area contributed by atoms with Crippen LogP contribution >= 0.6 is 22.7 Å². The van der Waals surface area contributed by atoms with Crippen LogP contribution in [0, 0.1) is 11.8 Å². The Morgan fingerprint density at radius 2 is 1.29 bits per heavy atom. The Kier molecular flexibility index (Phi) is 11.5. The number of nitrogens with one attached hydrogen (secondary N) is 4. The predicted octanol–water partition coefficient (Wildman–Crippen LogP) is 7.80. The third kappa shape index (κ3) is 7.76. The average Bonchev–Trinajstić information content (AvgIpc) is 4.02. The van der Waals surface area contributed by atoms with Crippen LogP contribution in [-0.2, 0) is 14.3 Å². The van der Waals surface area contributed by atoms with Crippen LogP contribution in [0.5, 0.6) is 0 Å². The molecule has 5 N–H and O–H groups in total. The van der Waals surface area contributed by atoms with Gasteiger partial charge < -0.3 is 40.2 Å². The maximum absolute atomic E-state index is 13.7. The first-order valence-electron chi connectivity index (χ1n) is 19.2. The summed E-state index contributed by atoms with van der Waals surface area (Å²) < 4.78 is 7.40. The molecule has 14 nitrogen and oxygen atoms in total. The number of carbonyl (C=O) groups excluding carboxylic acids is 3. The van der Waals surface area contributed by atoms with Crippen LogP contribution in [0.15, 0.2) is 47.4 Å². The van der Waals surface area contributed by atoms with Crippen molar-refractivity contribution in [3.63, 3.8) is 0 Å². The number of nitrogens with zero attached hydrogens (tertiary/aromatic N) is 4. The van der Waals surface area contributed by atoms with E-state index < -0.39 is 24.3 Å². The molecule has 6 heterocycles. The van der Waals surface area contributed by atoms with E-state index in [1.807, 2.05) is 38.8 Å². The van der Waals surface area contributed by atoms with E-state index >= 15 is 0 Å². The maximum Gasteiger partial charge on any atom is 0.407 e. The fourth-order valence-electron chi connectivity index (χ4n) is 7.78. The van der Waals surface area contributed by atoms with Crippen molar-refractivity contribution in [3.05, 3.63) is 59.1 Å². The van der Waals surface area contributed by atoms with Gasteiger partial charge in [0, 0.05) is 35.0 Å². The van der Waals surface area contributed by atoms with E-state index in [4.69, 9.17) is 9.72 Å². The molecule has 4 aromatic heterocycles. The van der Waals surface area contributed by atoms with E-state index in [-0.39, 0.29) is 42.3 Å². The first-order valence-corrected chi connectivity index (χ1v) is 20.9. The van der Waals surface area contributed by atoms with Crippen LogP contribution in [-0.4, -0.2) is 90.6 Å². The van der Waals surface area contributed by atoms with E-state index in [0.29, 0.717) is 18.9 Å². The molecule has 0 bridgehead atoms. The zero-order chi connectivity index (χ0) is 39.7. The van der Waals surface area contributed by atoms with Crippen molar-refractivity contribution in [1.82, 2.24) is 40.4 Å². The molecule has 2 fully saturated rings. The number of amides is 4. The third-order valence-electron chi connectivity index (χ3n) is 10.7. The Balaban J connectivity index is 1.05. The van der Waals surface area contributed by atoms with Gasteiger partial charge in [0.25, 0.3) is 0 Å². The molecular weight excluding hydrogens is 753 g/mol. The smallest absolute Gasteiger partial charge is 0.407 e. The van der Waals surface area contributed by atoms with Crippen molar-refractivity contribution in [1.29, 1.82) is 0 Å². The van der Waals surface area contributed by atoms with Gasteiger partial charge in [-0.1, -0.05) is 52.0 Å². The van der Waals surface area contributed by atoms with Gasteiger partial charge in [-0.15, -0.1) is 22.7 Å². The van der Waals surface area contributed by atoms with Crippen LogP contribution in [0.2, 0.25) is 0 Å².